The number of esters is 1. The lowest BCUT2D eigenvalue weighted by molar-refractivity contribution is -0.280. The monoisotopic (exact) mass is 427 g/mol. The first kappa shape index (κ1) is 21.1. The van der Waals surface area contributed by atoms with Gasteiger partial charge < -0.3 is 15.2 Å². The third-order valence-electron chi connectivity index (χ3n) is 5.00. The first-order valence-corrected chi connectivity index (χ1v) is 9.07. The van der Waals surface area contributed by atoms with Gasteiger partial charge in [0, 0.05) is 10.7 Å². The summed E-state index contributed by atoms with van der Waals surface area (Å²) in [5, 5.41) is 13.6. The molecule has 0 unspecified atom stereocenters. The number of alkyl halides is 3. The molecule has 2 aromatic carbocycles. The SMILES string of the molecule is CCOC(=O)[C@](O)(C(F)(F)F)[C@@]1(Cc2ccc(Cl)cc2)C(=O)Nc2ccccc21. The maximum atomic E-state index is 14.3. The normalized spacial score (nSPS) is 20.6. The molecule has 2 atom stereocenters. The number of carbonyl (C=O) groups excluding carboxylic acids is 2. The Morgan fingerprint density at radius 2 is 1.79 bits per heavy atom. The first-order chi connectivity index (χ1) is 13.6. The number of anilines is 1. The Balaban J connectivity index is 2.32. The second-order valence-corrected chi connectivity index (χ2v) is 7.07. The molecule has 2 aromatic rings. The Morgan fingerprint density at radius 3 is 2.38 bits per heavy atom. The number of hydrogen-bond donors (Lipinski definition) is 2. The van der Waals surface area contributed by atoms with Crippen LogP contribution in [0.3, 0.4) is 0 Å². The van der Waals surface area contributed by atoms with E-state index in [2.05, 4.69) is 10.1 Å². The quantitative estimate of drug-likeness (QED) is 0.714. The van der Waals surface area contributed by atoms with Gasteiger partial charge in [0.05, 0.1) is 6.61 Å². The zero-order valence-corrected chi connectivity index (χ0v) is 16.0. The molecule has 0 aliphatic carbocycles. The second kappa shape index (κ2) is 7.35. The van der Waals surface area contributed by atoms with E-state index in [1.807, 2.05) is 0 Å². The van der Waals surface area contributed by atoms with Crippen molar-refractivity contribution in [3.05, 3.63) is 64.7 Å². The van der Waals surface area contributed by atoms with Crippen molar-refractivity contribution in [3.8, 4) is 0 Å². The number of rotatable bonds is 5. The molecular formula is C20H17ClF3NO4. The molecule has 2 N–H and O–H groups in total. The van der Waals surface area contributed by atoms with Crippen LogP contribution in [-0.2, 0) is 26.2 Å². The minimum atomic E-state index is -5.50. The summed E-state index contributed by atoms with van der Waals surface area (Å²) < 4.78 is 47.4. The molecule has 0 saturated carbocycles. The molecule has 0 bridgehead atoms. The van der Waals surface area contributed by atoms with E-state index in [1.54, 1.807) is 0 Å². The van der Waals surface area contributed by atoms with Gasteiger partial charge in [0.1, 0.15) is 5.41 Å². The number of nitrogens with one attached hydrogen (secondary N) is 1. The Bertz CT molecular complexity index is 947. The van der Waals surface area contributed by atoms with E-state index in [-0.39, 0.29) is 16.8 Å². The van der Waals surface area contributed by atoms with Crippen LogP contribution in [0.1, 0.15) is 18.1 Å². The summed E-state index contributed by atoms with van der Waals surface area (Å²) in [7, 11) is 0. The molecule has 0 saturated heterocycles. The summed E-state index contributed by atoms with van der Waals surface area (Å²) in [6.45, 7) is 0.904. The third-order valence-corrected chi connectivity index (χ3v) is 5.26. The minimum Gasteiger partial charge on any atom is -0.464 e. The molecule has 1 amide bonds. The largest absolute Gasteiger partial charge is 0.464 e. The van der Waals surface area contributed by atoms with Crippen molar-refractivity contribution in [1.82, 2.24) is 0 Å². The van der Waals surface area contributed by atoms with Gasteiger partial charge in [0.25, 0.3) is 5.60 Å². The first-order valence-electron chi connectivity index (χ1n) is 8.69. The molecule has 9 heteroatoms. The zero-order chi connectivity index (χ0) is 21.4. The van der Waals surface area contributed by atoms with Gasteiger partial charge in [0.15, 0.2) is 0 Å². The van der Waals surface area contributed by atoms with Crippen molar-refractivity contribution in [2.45, 2.75) is 30.5 Å². The van der Waals surface area contributed by atoms with E-state index in [0.717, 1.165) is 0 Å². The van der Waals surface area contributed by atoms with Gasteiger partial charge in [-0.1, -0.05) is 41.9 Å². The minimum absolute atomic E-state index is 0.0819. The van der Waals surface area contributed by atoms with E-state index in [4.69, 9.17) is 11.6 Å². The number of halogens is 4. The van der Waals surface area contributed by atoms with Crippen molar-refractivity contribution < 1.29 is 32.6 Å². The molecule has 1 aliphatic heterocycles. The number of amides is 1. The van der Waals surface area contributed by atoms with Crippen molar-refractivity contribution in [2.75, 3.05) is 11.9 Å². The Labute approximate surface area is 169 Å². The molecular weight excluding hydrogens is 411 g/mol. The summed E-state index contributed by atoms with van der Waals surface area (Å²) in [6, 6.07) is 11.4. The molecule has 1 aliphatic rings. The number of fused-ring (bicyclic) bond motifs is 1. The van der Waals surface area contributed by atoms with Crippen LogP contribution in [0.2, 0.25) is 5.02 Å². The van der Waals surface area contributed by atoms with E-state index in [1.165, 1.54) is 55.5 Å². The van der Waals surface area contributed by atoms with Crippen LogP contribution in [0.15, 0.2) is 48.5 Å². The van der Waals surface area contributed by atoms with Crippen molar-refractivity contribution in [1.29, 1.82) is 0 Å². The van der Waals surface area contributed by atoms with Gasteiger partial charge in [-0.2, -0.15) is 13.2 Å². The Morgan fingerprint density at radius 1 is 1.17 bits per heavy atom. The van der Waals surface area contributed by atoms with E-state index in [9.17, 15) is 27.9 Å². The summed E-state index contributed by atoms with van der Waals surface area (Å²) in [5.41, 5.74) is -6.60. The van der Waals surface area contributed by atoms with Gasteiger partial charge in [-0.25, -0.2) is 4.79 Å². The van der Waals surface area contributed by atoms with Crippen LogP contribution >= 0.6 is 11.6 Å². The number of ether oxygens (including phenoxy) is 1. The van der Waals surface area contributed by atoms with Crippen molar-refractivity contribution >= 4 is 29.2 Å². The molecule has 0 spiro atoms. The number of para-hydroxylation sites is 1. The Kier molecular flexibility index (Phi) is 5.36. The summed E-state index contributed by atoms with van der Waals surface area (Å²) in [5.74, 6) is -3.09. The molecule has 154 valence electrons. The summed E-state index contributed by atoms with van der Waals surface area (Å²) >= 11 is 5.84. The fraction of sp³-hybridized carbons (Fsp3) is 0.300. The maximum Gasteiger partial charge on any atom is 0.429 e. The van der Waals surface area contributed by atoms with Gasteiger partial charge in [-0.15, -0.1) is 0 Å². The maximum absolute atomic E-state index is 14.3. The van der Waals surface area contributed by atoms with Gasteiger partial charge in [0.2, 0.25) is 5.91 Å². The van der Waals surface area contributed by atoms with Gasteiger partial charge in [-0.05, 0) is 42.7 Å². The molecule has 0 radical (unpaired) electrons. The molecule has 1 heterocycles. The van der Waals surface area contributed by atoms with Crippen LogP contribution in [0.5, 0.6) is 0 Å². The van der Waals surface area contributed by atoms with Crippen molar-refractivity contribution in [3.63, 3.8) is 0 Å². The molecule has 5 nitrogen and oxygen atoms in total. The van der Waals surface area contributed by atoms with E-state index < -0.39 is 42.1 Å². The van der Waals surface area contributed by atoms with Crippen LogP contribution in [0.25, 0.3) is 0 Å². The fourth-order valence-electron chi connectivity index (χ4n) is 3.65. The number of benzene rings is 2. The topological polar surface area (TPSA) is 75.6 Å². The molecule has 29 heavy (non-hydrogen) atoms. The highest BCUT2D eigenvalue weighted by molar-refractivity contribution is 6.30. The van der Waals surface area contributed by atoms with Crippen LogP contribution < -0.4 is 5.32 Å². The lowest BCUT2D eigenvalue weighted by Crippen LogP contribution is -2.69. The molecule has 0 fully saturated rings. The van der Waals surface area contributed by atoms with Gasteiger partial charge in [-0.3, -0.25) is 4.79 Å². The predicted molar refractivity (Wildman–Crippen MR) is 99.5 cm³/mol. The van der Waals surface area contributed by atoms with Gasteiger partial charge >= 0.3 is 12.1 Å². The average molecular weight is 428 g/mol. The highest BCUT2D eigenvalue weighted by Gasteiger charge is 2.77. The smallest absolute Gasteiger partial charge is 0.429 e. The number of carbonyl (C=O) groups is 2. The lowest BCUT2D eigenvalue weighted by atomic mass is 9.63. The van der Waals surface area contributed by atoms with Crippen LogP contribution in [0, 0.1) is 0 Å². The standard InChI is InChI=1S/C20H17ClF3NO4/c1-2-29-17(27)19(28,20(22,23)24)18(11-12-7-9-13(21)10-8-12)14-5-3-4-6-15(14)25-16(18)26/h3-10,28H,2,11H2,1H3,(H,25,26)/t18-,19-/m1/s1. The van der Waals surface area contributed by atoms with Crippen LogP contribution in [-0.4, -0.2) is 35.4 Å². The lowest BCUT2D eigenvalue weighted by Gasteiger charge is -2.42. The molecule has 0 aromatic heterocycles. The Hall–Kier alpha value is -2.58. The highest BCUT2D eigenvalue weighted by atomic mass is 35.5. The number of aliphatic hydroxyl groups is 1. The van der Waals surface area contributed by atoms with E-state index in [0.29, 0.717) is 5.02 Å². The van der Waals surface area contributed by atoms with Crippen molar-refractivity contribution in [2.24, 2.45) is 0 Å². The third kappa shape index (κ3) is 3.16. The summed E-state index contributed by atoms with van der Waals surface area (Å²) in [6.07, 6.45) is -6.11. The zero-order valence-electron chi connectivity index (χ0n) is 15.2. The summed E-state index contributed by atoms with van der Waals surface area (Å²) in [4.78, 5) is 25.5. The fourth-order valence-corrected chi connectivity index (χ4v) is 3.78. The van der Waals surface area contributed by atoms with Crippen LogP contribution in [0.4, 0.5) is 18.9 Å². The predicted octanol–water partition coefficient (Wildman–Crippen LogP) is 3.63. The number of hydrogen-bond acceptors (Lipinski definition) is 4. The highest BCUT2D eigenvalue weighted by Crippen LogP contribution is 2.53. The second-order valence-electron chi connectivity index (χ2n) is 6.64. The molecule has 3 rings (SSSR count). The van der Waals surface area contributed by atoms with E-state index >= 15 is 0 Å². The average Bonchev–Trinajstić information content (AvgIpc) is 2.95.